The molecule has 0 aliphatic carbocycles. The third-order valence-electron chi connectivity index (χ3n) is 1.20. The Hall–Kier alpha value is -1.19. The van der Waals surface area contributed by atoms with Gasteiger partial charge in [0.1, 0.15) is 12.7 Å². The molecule has 0 atom stereocenters. The molecule has 4 nitrogen and oxygen atoms in total. The highest BCUT2D eigenvalue weighted by atomic mass is 16.5. The molecule has 4 heteroatoms. The first-order valence-electron chi connectivity index (χ1n) is 3.68. The summed E-state index contributed by atoms with van der Waals surface area (Å²) >= 11 is 0. The van der Waals surface area contributed by atoms with Gasteiger partial charge >= 0.3 is 6.01 Å². The predicted molar refractivity (Wildman–Crippen MR) is 40.2 cm³/mol. The van der Waals surface area contributed by atoms with Crippen LogP contribution in [0.15, 0.2) is 12.7 Å². The number of hydrogen-bond acceptors (Lipinski definition) is 4. The normalized spacial score (nSPS) is 9.55. The topological polar surface area (TPSA) is 47.9 Å². The number of unbranched alkanes of at least 4 members (excludes halogenated alkanes) is 1. The van der Waals surface area contributed by atoms with Crippen LogP contribution in [-0.4, -0.2) is 21.6 Å². The molecule has 0 aromatic carbocycles. The zero-order valence-corrected chi connectivity index (χ0v) is 6.53. The molecule has 1 rings (SSSR count). The van der Waals surface area contributed by atoms with E-state index >= 15 is 0 Å². The van der Waals surface area contributed by atoms with E-state index in [0.29, 0.717) is 12.6 Å². The minimum Gasteiger partial charge on any atom is -0.463 e. The van der Waals surface area contributed by atoms with Gasteiger partial charge in [-0.2, -0.15) is 9.97 Å². The molecule has 1 aromatic rings. The summed E-state index contributed by atoms with van der Waals surface area (Å²) in [6.45, 7) is 2.79. The third kappa shape index (κ3) is 2.93. The van der Waals surface area contributed by atoms with Gasteiger partial charge in [-0.05, 0) is 6.42 Å². The first-order chi connectivity index (χ1) is 5.43. The summed E-state index contributed by atoms with van der Waals surface area (Å²) in [7, 11) is 0. The standard InChI is InChI=1S/C7H11N3O/c1-2-3-4-11-7-9-5-8-6-10-7/h5-6H,2-4H2,1H3. The lowest BCUT2D eigenvalue weighted by Crippen LogP contribution is -2.00. The summed E-state index contributed by atoms with van der Waals surface area (Å²) in [5.41, 5.74) is 0. The van der Waals surface area contributed by atoms with E-state index in [-0.39, 0.29) is 0 Å². The van der Waals surface area contributed by atoms with E-state index in [1.807, 2.05) is 0 Å². The number of hydrogen-bond donors (Lipinski definition) is 0. The first kappa shape index (κ1) is 7.91. The Balaban J connectivity index is 2.28. The zero-order valence-electron chi connectivity index (χ0n) is 6.53. The van der Waals surface area contributed by atoms with Gasteiger partial charge in [0.2, 0.25) is 0 Å². The van der Waals surface area contributed by atoms with Crippen LogP contribution in [0.25, 0.3) is 0 Å². The maximum atomic E-state index is 5.18. The summed E-state index contributed by atoms with van der Waals surface area (Å²) < 4.78 is 5.18. The van der Waals surface area contributed by atoms with Gasteiger partial charge in [-0.3, -0.25) is 0 Å². The molecule has 0 aliphatic heterocycles. The molecule has 0 amide bonds. The molecule has 1 heterocycles. The highest BCUT2D eigenvalue weighted by Crippen LogP contribution is 1.97. The molecule has 0 bridgehead atoms. The van der Waals surface area contributed by atoms with E-state index in [2.05, 4.69) is 21.9 Å². The maximum Gasteiger partial charge on any atom is 0.319 e. The molecular formula is C7H11N3O. The number of ether oxygens (including phenoxy) is 1. The summed E-state index contributed by atoms with van der Waals surface area (Å²) in [4.78, 5) is 11.3. The van der Waals surface area contributed by atoms with Crippen LogP contribution in [0.1, 0.15) is 19.8 Å². The second kappa shape index (κ2) is 4.60. The molecule has 60 valence electrons. The minimum absolute atomic E-state index is 0.411. The van der Waals surface area contributed by atoms with Crippen LogP contribution in [0.5, 0.6) is 6.01 Å². The molecule has 0 saturated heterocycles. The van der Waals surface area contributed by atoms with Crippen LogP contribution >= 0.6 is 0 Å². The SMILES string of the molecule is CCCCOc1ncncn1. The van der Waals surface area contributed by atoms with E-state index in [1.54, 1.807) is 0 Å². The Morgan fingerprint density at radius 2 is 2.09 bits per heavy atom. The quantitative estimate of drug-likeness (QED) is 0.606. The Labute approximate surface area is 65.7 Å². The number of nitrogens with zero attached hydrogens (tertiary/aromatic N) is 3. The minimum atomic E-state index is 0.411. The molecular weight excluding hydrogens is 142 g/mol. The molecule has 0 fully saturated rings. The second-order valence-corrected chi connectivity index (χ2v) is 2.12. The van der Waals surface area contributed by atoms with Gasteiger partial charge in [-0.15, -0.1) is 0 Å². The van der Waals surface area contributed by atoms with Crippen molar-refractivity contribution in [2.75, 3.05) is 6.61 Å². The zero-order chi connectivity index (χ0) is 7.94. The fraction of sp³-hybridized carbons (Fsp3) is 0.571. The van der Waals surface area contributed by atoms with Gasteiger partial charge in [0.15, 0.2) is 0 Å². The largest absolute Gasteiger partial charge is 0.463 e. The van der Waals surface area contributed by atoms with Gasteiger partial charge in [0.05, 0.1) is 6.61 Å². The summed E-state index contributed by atoms with van der Waals surface area (Å²) in [6.07, 6.45) is 5.00. The molecule has 0 unspecified atom stereocenters. The second-order valence-electron chi connectivity index (χ2n) is 2.12. The van der Waals surface area contributed by atoms with Crippen LogP contribution in [-0.2, 0) is 0 Å². The van der Waals surface area contributed by atoms with Crippen LogP contribution in [0.2, 0.25) is 0 Å². The van der Waals surface area contributed by atoms with Crippen molar-refractivity contribution in [3.63, 3.8) is 0 Å². The highest BCUT2D eigenvalue weighted by molar-refractivity contribution is 4.86. The number of rotatable bonds is 4. The summed E-state index contributed by atoms with van der Waals surface area (Å²) in [6, 6.07) is 0.411. The van der Waals surface area contributed by atoms with E-state index in [9.17, 15) is 0 Å². The van der Waals surface area contributed by atoms with E-state index in [1.165, 1.54) is 12.7 Å². The first-order valence-corrected chi connectivity index (χ1v) is 3.68. The van der Waals surface area contributed by atoms with Crippen LogP contribution < -0.4 is 4.74 Å². The van der Waals surface area contributed by atoms with Gasteiger partial charge in [-0.1, -0.05) is 13.3 Å². The van der Waals surface area contributed by atoms with Crippen molar-refractivity contribution in [1.29, 1.82) is 0 Å². The third-order valence-corrected chi connectivity index (χ3v) is 1.20. The fourth-order valence-corrected chi connectivity index (χ4v) is 0.611. The summed E-state index contributed by atoms with van der Waals surface area (Å²) in [5.74, 6) is 0. The van der Waals surface area contributed by atoms with Crippen LogP contribution in [0.4, 0.5) is 0 Å². The van der Waals surface area contributed by atoms with Gasteiger partial charge in [-0.25, -0.2) is 4.98 Å². The van der Waals surface area contributed by atoms with Crippen molar-refractivity contribution in [1.82, 2.24) is 15.0 Å². The van der Waals surface area contributed by atoms with Crippen molar-refractivity contribution in [2.24, 2.45) is 0 Å². The van der Waals surface area contributed by atoms with E-state index in [0.717, 1.165) is 12.8 Å². The molecule has 0 aliphatic rings. The maximum absolute atomic E-state index is 5.18. The molecule has 11 heavy (non-hydrogen) atoms. The summed E-state index contributed by atoms with van der Waals surface area (Å²) in [5, 5.41) is 0. The molecule has 0 saturated carbocycles. The lowest BCUT2D eigenvalue weighted by Gasteiger charge is -1.99. The Morgan fingerprint density at radius 3 is 2.73 bits per heavy atom. The fourth-order valence-electron chi connectivity index (χ4n) is 0.611. The molecule has 0 radical (unpaired) electrons. The lowest BCUT2D eigenvalue weighted by molar-refractivity contribution is 0.284. The van der Waals surface area contributed by atoms with Gasteiger partial charge in [0, 0.05) is 0 Å². The lowest BCUT2D eigenvalue weighted by atomic mass is 10.4. The Kier molecular flexibility index (Phi) is 3.31. The van der Waals surface area contributed by atoms with E-state index < -0.39 is 0 Å². The number of aromatic nitrogens is 3. The van der Waals surface area contributed by atoms with Gasteiger partial charge in [0.25, 0.3) is 0 Å². The monoisotopic (exact) mass is 153 g/mol. The van der Waals surface area contributed by atoms with Crippen molar-refractivity contribution >= 4 is 0 Å². The molecule has 0 N–H and O–H groups in total. The van der Waals surface area contributed by atoms with Crippen molar-refractivity contribution in [2.45, 2.75) is 19.8 Å². The van der Waals surface area contributed by atoms with E-state index in [4.69, 9.17) is 4.74 Å². The van der Waals surface area contributed by atoms with Crippen LogP contribution in [0.3, 0.4) is 0 Å². The van der Waals surface area contributed by atoms with Gasteiger partial charge < -0.3 is 4.74 Å². The van der Waals surface area contributed by atoms with Crippen LogP contribution in [0, 0.1) is 0 Å². The molecule has 1 aromatic heterocycles. The predicted octanol–water partition coefficient (Wildman–Crippen LogP) is 1.05. The molecule has 0 spiro atoms. The smallest absolute Gasteiger partial charge is 0.319 e. The van der Waals surface area contributed by atoms with Crippen molar-refractivity contribution < 1.29 is 4.74 Å². The van der Waals surface area contributed by atoms with Crippen molar-refractivity contribution in [3.05, 3.63) is 12.7 Å². The Morgan fingerprint density at radius 1 is 1.36 bits per heavy atom. The van der Waals surface area contributed by atoms with Crippen molar-refractivity contribution in [3.8, 4) is 6.01 Å². The Bertz CT molecular complexity index is 190. The average Bonchev–Trinajstić information content (AvgIpc) is 2.07. The highest BCUT2D eigenvalue weighted by Gasteiger charge is 1.92. The average molecular weight is 153 g/mol.